The molecule has 16 heavy (non-hydrogen) atoms. The first-order chi connectivity index (χ1) is 7.49. The summed E-state index contributed by atoms with van der Waals surface area (Å²) in [6.45, 7) is 4.62. The highest BCUT2D eigenvalue weighted by Gasteiger charge is 2.34. The third kappa shape index (κ3) is 2.27. The monoisotopic (exact) mass is 238 g/mol. The van der Waals surface area contributed by atoms with E-state index in [0.717, 1.165) is 11.4 Å². The van der Waals surface area contributed by atoms with Crippen LogP contribution in [-0.4, -0.2) is 6.04 Å². The zero-order chi connectivity index (χ0) is 11.8. The Labute approximate surface area is 102 Å². The van der Waals surface area contributed by atoms with Crippen molar-refractivity contribution in [3.05, 3.63) is 23.2 Å². The molecule has 1 aromatic rings. The predicted molar refractivity (Wildman–Crippen MR) is 70.9 cm³/mol. The fraction of sp³-hybridized carbons (Fsp3) is 0.538. The second kappa shape index (κ2) is 4.17. The lowest BCUT2D eigenvalue weighted by Gasteiger charge is -2.29. The molecule has 88 valence electrons. The molecule has 1 fully saturated rings. The van der Waals surface area contributed by atoms with E-state index in [2.05, 4.69) is 19.2 Å². The van der Waals surface area contributed by atoms with Crippen molar-refractivity contribution in [2.75, 3.05) is 11.1 Å². The largest absolute Gasteiger partial charge is 0.397 e. The van der Waals surface area contributed by atoms with Crippen LogP contribution in [0.3, 0.4) is 0 Å². The lowest BCUT2D eigenvalue weighted by Crippen LogP contribution is -2.31. The van der Waals surface area contributed by atoms with Crippen molar-refractivity contribution in [1.82, 2.24) is 0 Å². The first-order valence-electron chi connectivity index (χ1n) is 5.80. The lowest BCUT2D eigenvalue weighted by atomic mass is 9.87. The zero-order valence-corrected chi connectivity index (χ0v) is 10.6. The summed E-state index contributed by atoms with van der Waals surface area (Å²) < 4.78 is 0. The van der Waals surface area contributed by atoms with Crippen molar-refractivity contribution in [3.8, 4) is 0 Å². The highest BCUT2D eigenvalue weighted by atomic mass is 35.5. The normalized spacial score (nSPS) is 23.3. The minimum atomic E-state index is 0.353. The van der Waals surface area contributed by atoms with Crippen molar-refractivity contribution in [3.63, 3.8) is 0 Å². The molecule has 1 aromatic carbocycles. The van der Waals surface area contributed by atoms with Crippen molar-refractivity contribution < 1.29 is 0 Å². The highest BCUT2D eigenvalue weighted by Crippen LogP contribution is 2.39. The standard InChI is InChI=1S/C13H19ClN2/c1-13(2)7-3-4-12(13)16-11-6-5-9(14)8-10(11)15/h5-6,8,12,16H,3-4,7,15H2,1-2H3. The van der Waals surface area contributed by atoms with Crippen LogP contribution in [0.4, 0.5) is 11.4 Å². The number of hydrogen-bond acceptors (Lipinski definition) is 2. The molecule has 0 aromatic heterocycles. The van der Waals surface area contributed by atoms with Gasteiger partial charge < -0.3 is 11.1 Å². The van der Waals surface area contributed by atoms with Gasteiger partial charge in [-0.3, -0.25) is 0 Å². The van der Waals surface area contributed by atoms with Crippen LogP contribution >= 0.6 is 11.6 Å². The van der Waals surface area contributed by atoms with Gasteiger partial charge in [0.2, 0.25) is 0 Å². The average molecular weight is 239 g/mol. The molecule has 1 unspecified atom stereocenters. The number of nitrogen functional groups attached to an aromatic ring is 1. The summed E-state index contributed by atoms with van der Waals surface area (Å²) in [6.07, 6.45) is 3.78. The molecule has 3 heteroatoms. The number of halogens is 1. The van der Waals surface area contributed by atoms with Crippen LogP contribution in [0.15, 0.2) is 18.2 Å². The molecular weight excluding hydrogens is 220 g/mol. The number of rotatable bonds is 2. The van der Waals surface area contributed by atoms with Crippen LogP contribution in [0.2, 0.25) is 5.02 Å². The third-order valence-corrected chi connectivity index (χ3v) is 3.84. The SMILES string of the molecule is CC1(C)CCCC1Nc1ccc(Cl)cc1N. The zero-order valence-electron chi connectivity index (χ0n) is 9.89. The topological polar surface area (TPSA) is 38.0 Å². The molecule has 0 radical (unpaired) electrons. The summed E-state index contributed by atoms with van der Waals surface area (Å²) >= 11 is 5.88. The summed E-state index contributed by atoms with van der Waals surface area (Å²) in [4.78, 5) is 0. The molecule has 0 saturated heterocycles. The molecule has 3 N–H and O–H groups in total. The van der Waals surface area contributed by atoms with E-state index in [1.54, 1.807) is 6.07 Å². The van der Waals surface area contributed by atoms with Gasteiger partial charge >= 0.3 is 0 Å². The van der Waals surface area contributed by atoms with E-state index in [9.17, 15) is 0 Å². The van der Waals surface area contributed by atoms with Gasteiger partial charge in [-0.15, -0.1) is 0 Å². The molecule has 0 amide bonds. The second-order valence-corrected chi connectivity index (χ2v) is 5.75. The van der Waals surface area contributed by atoms with Crippen molar-refractivity contribution in [2.45, 2.75) is 39.2 Å². The van der Waals surface area contributed by atoms with Crippen LogP contribution in [0.1, 0.15) is 33.1 Å². The molecule has 1 saturated carbocycles. The molecule has 1 aliphatic rings. The van der Waals surface area contributed by atoms with E-state index in [1.165, 1.54) is 19.3 Å². The number of nitrogens with two attached hydrogens (primary N) is 1. The molecule has 1 aliphatic carbocycles. The number of anilines is 2. The molecule has 0 heterocycles. The van der Waals surface area contributed by atoms with Gasteiger partial charge in [0, 0.05) is 11.1 Å². The van der Waals surface area contributed by atoms with Gasteiger partial charge in [-0.25, -0.2) is 0 Å². The Bertz CT molecular complexity index is 388. The second-order valence-electron chi connectivity index (χ2n) is 5.31. The first kappa shape index (κ1) is 11.6. The predicted octanol–water partition coefficient (Wildman–Crippen LogP) is 3.91. The van der Waals surface area contributed by atoms with Crippen molar-refractivity contribution in [1.29, 1.82) is 0 Å². The van der Waals surface area contributed by atoms with E-state index in [0.29, 0.717) is 16.5 Å². The third-order valence-electron chi connectivity index (χ3n) is 3.60. The fourth-order valence-electron chi connectivity index (χ4n) is 2.45. The average Bonchev–Trinajstić information content (AvgIpc) is 2.50. The Morgan fingerprint density at radius 2 is 2.19 bits per heavy atom. The van der Waals surface area contributed by atoms with E-state index in [1.807, 2.05) is 12.1 Å². The smallest absolute Gasteiger partial charge is 0.0577 e. The van der Waals surface area contributed by atoms with Crippen LogP contribution in [0.5, 0.6) is 0 Å². The van der Waals surface area contributed by atoms with Crippen LogP contribution in [0, 0.1) is 5.41 Å². The van der Waals surface area contributed by atoms with E-state index in [-0.39, 0.29) is 0 Å². The Morgan fingerprint density at radius 1 is 1.44 bits per heavy atom. The summed E-state index contributed by atoms with van der Waals surface area (Å²) in [5, 5.41) is 4.23. The minimum absolute atomic E-state index is 0.353. The lowest BCUT2D eigenvalue weighted by molar-refractivity contribution is 0.350. The maximum absolute atomic E-state index is 5.94. The Hall–Kier alpha value is -0.890. The molecule has 0 bridgehead atoms. The molecule has 2 nitrogen and oxygen atoms in total. The summed E-state index contributed by atoms with van der Waals surface area (Å²) in [5.74, 6) is 0. The minimum Gasteiger partial charge on any atom is -0.397 e. The van der Waals surface area contributed by atoms with Gasteiger partial charge in [0.15, 0.2) is 0 Å². The molecular formula is C13H19ClN2. The van der Waals surface area contributed by atoms with E-state index < -0.39 is 0 Å². The molecule has 2 rings (SSSR count). The van der Waals surface area contributed by atoms with Gasteiger partial charge in [-0.2, -0.15) is 0 Å². The van der Waals surface area contributed by atoms with Crippen molar-refractivity contribution >= 4 is 23.0 Å². The summed E-state index contributed by atoms with van der Waals surface area (Å²) in [6, 6.07) is 6.15. The number of benzene rings is 1. The Morgan fingerprint density at radius 3 is 2.75 bits per heavy atom. The maximum atomic E-state index is 5.94. The van der Waals surface area contributed by atoms with Gasteiger partial charge in [0.05, 0.1) is 11.4 Å². The van der Waals surface area contributed by atoms with Gasteiger partial charge in [-0.1, -0.05) is 31.9 Å². The Kier molecular flexibility index (Phi) is 3.02. The van der Waals surface area contributed by atoms with Crippen LogP contribution < -0.4 is 11.1 Å². The van der Waals surface area contributed by atoms with Crippen LogP contribution in [0.25, 0.3) is 0 Å². The summed E-state index contributed by atoms with van der Waals surface area (Å²) in [7, 11) is 0. The van der Waals surface area contributed by atoms with Crippen LogP contribution in [-0.2, 0) is 0 Å². The molecule has 0 aliphatic heterocycles. The Balaban J connectivity index is 2.15. The van der Waals surface area contributed by atoms with Crippen molar-refractivity contribution in [2.24, 2.45) is 5.41 Å². The number of nitrogens with one attached hydrogen (secondary N) is 1. The van der Waals surface area contributed by atoms with Gasteiger partial charge in [-0.05, 0) is 36.5 Å². The first-order valence-corrected chi connectivity index (χ1v) is 6.18. The molecule has 1 atom stereocenters. The van der Waals surface area contributed by atoms with Gasteiger partial charge in [0.1, 0.15) is 0 Å². The van der Waals surface area contributed by atoms with E-state index in [4.69, 9.17) is 17.3 Å². The maximum Gasteiger partial charge on any atom is 0.0577 e. The highest BCUT2D eigenvalue weighted by molar-refractivity contribution is 6.31. The fourth-order valence-corrected chi connectivity index (χ4v) is 2.63. The molecule has 0 spiro atoms. The quantitative estimate of drug-likeness (QED) is 0.767. The van der Waals surface area contributed by atoms with E-state index >= 15 is 0 Å². The summed E-state index contributed by atoms with van der Waals surface area (Å²) in [5.41, 5.74) is 8.03. The van der Waals surface area contributed by atoms with Gasteiger partial charge in [0.25, 0.3) is 0 Å². The number of hydrogen-bond donors (Lipinski definition) is 2.